The van der Waals surface area contributed by atoms with E-state index in [2.05, 4.69) is 15.1 Å². The van der Waals surface area contributed by atoms with Crippen molar-refractivity contribution in [2.24, 2.45) is 7.05 Å². The minimum Gasteiger partial charge on any atom is -0.423 e. The number of benzene rings is 2. The zero-order valence-electron chi connectivity index (χ0n) is 13.4. The first-order valence-corrected chi connectivity index (χ1v) is 8.36. The molecule has 0 aliphatic heterocycles. The van der Waals surface area contributed by atoms with E-state index in [1.54, 1.807) is 24.0 Å². The Labute approximate surface area is 158 Å². The van der Waals surface area contributed by atoms with Crippen LogP contribution in [0.1, 0.15) is 0 Å². The van der Waals surface area contributed by atoms with E-state index in [0.29, 0.717) is 16.4 Å². The summed E-state index contributed by atoms with van der Waals surface area (Å²) in [4.78, 5) is 8.59. The maximum atomic E-state index is 13.2. The van der Waals surface area contributed by atoms with Crippen LogP contribution in [0.25, 0.3) is 22.3 Å². The third-order valence-electron chi connectivity index (χ3n) is 3.78. The average Bonchev–Trinajstić information content (AvgIpc) is 2.94. The molecule has 0 saturated heterocycles. The molecule has 130 valence electrons. The Morgan fingerprint density at radius 2 is 1.88 bits per heavy atom. The molecule has 0 amide bonds. The molecular weight excluding hydrogens is 378 g/mol. The van der Waals surface area contributed by atoms with Crippen LogP contribution in [-0.4, -0.2) is 19.7 Å². The third kappa shape index (κ3) is 2.98. The molecule has 26 heavy (non-hydrogen) atoms. The van der Waals surface area contributed by atoms with Gasteiger partial charge in [-0.2, -0.15) is 10.1 Å². The number of halogens is 3. The van der Waals surface area contributed by atoms with E-state index in [9.17, 15) is 4.39 Å². The molecule has 4 aromatic rings. The SMILES string of the molecule is Cn1nc(-c2ccccc2Cl)c2cnc(Oc3ccc(F)cc3Cl)nc21. The zero-order chi connectivity index (χ0) is 18.3. The van der Waals surface area contributed by atoms with Gasteiger partial charge in [0.1, 0.15) is 17.3 Å². The lowest BCUT2D eigenvalue weighted by atomic mass is 10.1. The fourth-order valence-electron chi connectivity index (χ4n) is 2.58. The highest BCUT2D eigenvalue weighted by molar-refractivity contribution is 6.33. The molecule has 0 unspecified atom stereocenters. The number of fused-ring (bicyclic) bond motifs is 1. The maximum absolute atomic E-state index is 13.2. The van der Waals surface area contributed by atoms with Crippen LogP contribution in [0.15, 0.2) is 48.7 Å². The Kier molecular flexibility index (Phi) is 4.22. The molecule has 0 radical (unpaired) electrons. The monoisotopic (exact) mass is 388 g/mol. The van der Waals surface area contributed by atoms with Crippen LogP contribution in [0.3, 0.4) is 0 Å². The number of aryl methyl sites for hydroxylation is 1. The second-order valence-electron chi connectivity index (χ2n) is 5.52. The summed E-state index contributed by atoms with van der Waals surface area (Å²) >= 11 is 12.3. The Morgan fingerprint density at radius 1 is 1.08 bits per heavy atom. The summed E-state index contributed by atoms with van der Waals surface area (Å²) in [6.07, 6.45) is 1.61. The van der Waals surface area contributed by atoms with Crippen LogP contribution in [0.5, 0.6) is 11.8 Å². The van der Waals surface area contributed by atoms with Gasteiger partial charge in [-0.05, 0) is 24.3 Å². The van der Waals surface area contributed by atoms with E-state index in [-0.39, 0.29) is 16.8 Å². The molecule has 0 fully saturated rings. The van der Waals surface area contributed by atoms with Gasteiger partial charge in [-0.1, -0.05) is 41.4 Å². The quantitative estimate of drug-likeness (QED) is 0.479. The van der Waals surface area contributed by atoms with Gasteiger partial charge >= 0.3 is 6.01 Å². The molecule has 0 aliphatic carbocycles. The van der Waals surface area contributed by atoms with E-state index in [0.717, 1.165) is 17.0 Å². The van der Waals surface area contributed by atoms with Gasteiger partial charge in [-0.3, -0.25) is 0 Å². The van der Waals surface area contributed by atoms with Crippen molar-refractivity contribution in [1.29, 1.82) is 0 Å². The molecule has 0 spiro atoms. The second-order valence-corrected chi connectivity index (χ2v) is 6.33. The summed E-state index contributed by atoms with van der Waals surface area (Å²) in [5.74, 6) is -0.185. The average molecular weight is 389 g/mol. The highest BCUT2D eigenvalue weighted by Gasteiger charge is 2.16. The Morgan fingerprint density at radius 3 is 2.65 bits per heavy atom. The van der Waals surface area contributed by atoms with Gasteiger partial charge in [-0.15, -0.1) is 0 Å². The van der Waals surface area contributed by atoms with Gasteiger partial charge < -0.3 is 4.74 Å². The third-order valence-corrected chi connectivity index (χ3v) is 4.41. The van der Waals surface area contributed by atoms with Gasteiger partial charge in [0.25, 0.3) is 0 Å². The molecule has 0 aliphatic rings. The normalized spacial score (nSPS) is 11.1. The molecular formula is C18H11Cl2FN4O. The Balaban J connectivity index is 1.77. The molecule has 0 saturated carbocycles. The number of hydrogen-bond donors (Lipinski definition) is 0. The highest BCUT2D eigenvalue weighted by atomic mass is 35.5. The van der Waals surface area contributed by atoms with E-state index < -0.39 is 5.82 Å². The topological polar surface area (TPSA) is 52.8 Å². The standard InChI is InChI=1S/C18H11Cl2FN4O/c1-25-17-12(16(24-25)11-4-2-3-5-13(11)19)9-22-18(23-17)26-15-7-6-10(21)8-14(15)20/h2-9H,1H3. The van der Waals surface area contributed by atoms with Crippen molar-refractivity contribution < 1.29 is 9.13 Å². The first-order chi connectivity index (χ1) is 12.5. The number of aromatic nitrogens is 4. The summed E-state index contributed by atoms with van der Waals surface area (Å²) in [7, 11) is 1.77. The highest BCUT2D eigenvalue weighted by Crippen LogP contribution is 2.33. The van der Waals surface area contributed by atoms with Gasteiger partial charge in [0.05, 0.1) is 15.4 Å². The lowest BCUT2D eigenvalue weighted by molar-refractivity contribution is 0.442. The van der Waals surface area contributed by atoms with E-state index in [1.165, 1.54) is 12.1 Å². The number of hydrogen-bond acceptors (Lipinski definition) is 4. The van der Waals surface area contributed by atoms with Crippen LogP contribution in [0.4, 0.5) is 4.39 Å². The van der Waals surface area contributed by atoms with Crippen molar-refractivity contribution in [3.8, 4) is 23.0 Å². The van der Waals surface area contributed by atoms with Gasteiger partial charge in [0.2, 0.25) is 0 Å². The van der Waals surface area contributed by atoms with E-state index in [1.807, 2.05) is 18.2 Å². The van der Waals surface area contributed by atoms with Crippen molar-refractivity contribution in [3.05, 3.63) is 64.5 Å². The lowest BCUT2D eigenvalue weighted by Crippen LogP contribution is -1.96. The predicted molar refractivity (Wildman–Crippen MR) is 98.2 cm³/mol. The molecule has 0 N–H and O–H groups in total. The van der Waals surface area contributed by atoms with Crippen LogP contribution in [0, 0.1) is 5.82 Å². The molecule has 0 atom stereocenters. The Hall–Kier alpha value is -2.70. The van der Waals surface area contributed by atoms with Crippen molar-refractivity contribution in [3.63, 3.8) is 0 Å². The molecule has 2 aromatic heterocycles. The fourth-order valence-corrected chi connectivity index (χ4v) is 3.01. The zero-order valence-corrected chi connectivity index (χ0v) is 15.0. The van der Waals surface area contributed by atoms with Crippen LogP contribution >= 0.6 is 23.2 Å². The maximum Gasteiger partial charge on any atom is 0.324 e. The van der Waals surface area contributed by atoms with Crippen molar-refractivity contribution in [2.75, 3.05) is 0 Å². The van der Waals surface area contributed by atoms with Crippen molar-refractivity contribution in [2.45, 2.75) is 0 Å². The first kappa shape index (κ1) is 16.8. The van der Waals surface area contributed by atoms with Crippen LogP contribution in [-0.2, 0) is 7.05 Å². The molecule has 2 heterocycles. The first-order valence-electron chi connectivity index (χ1n) is 7.60. The summed E-state index contributed by atoms with van der Waals surface area (Å²) in [6.45, 7) is 0. The van der Waals surface area contributed by atoms with Gasteiger partial charge in [-0.25, -0.2) is 14.1 Å². The fraction of sp³-hybridized carbons (Fsp3) is 0.0556. The number of ether oxygens (including phenoxy) is 1. The predicted octanol–water partition coefficient (Wildman–Crippen LogP) is 5.27. The lowest BCUT2D eigenvalue weighted by Gasteiger charge is -2.06. The molecule has 5 nitrogen and oxygen atoms in total. The van der Waals surface area contributed by atoms with Crippen molar-refractivity contribution >= 4 is 34.2 Å². The molecule has 8 heteroatoms. The smallest absolute Gasteiger partial charge is 0.324 e. The van der Waals surface area contributed by atoms with E-state index in [4.69, 9.17) is 27.9 Å². The minimum atomic E-state index is -0.449. The van der Waals surface area contributed by atoms with Gasteiger partial charge in [0.15, 0.2) is 5.65 Å². The summed E-state index contributed by atoms with van der Waals surface area (Å²) in [5.41, 5.74) is 2.04. The van der Waals surface area contributed by atoms with Crippen LogP contribution < -0.4 is 4.74 Å². The second kappa shape index (κ2) is 6.55. The molecule has 4 rings (SSSR count). The number of nitrogens with zero attached hydrogens (tertiary/aromatic N) is 4. The minimum absolute atomic E-state index is 0.0831. The summed E-state index contributed by atoms with van der Waals surface area (Å²) in [6, 6.07) is 11.3. The molecule has 0 bridgehead atoms. The van der Waals surface area contributed by atoms with E-state index >= 15 is 0 Å². The summed E-state index contributed by atoms with van der Waals surface area (Å²) < 4.78 is 20.3. The van der Waals surface area contributed by atoms with Crippen molar-refractivity contribution in [1.82, 2.24) is 19.7 Å². The largest absolute Gasteiger partial charge is 0.423 e. The Bertz CT molecular complexity index is 1130. The molecule has 2 aromatic carbocycles. The van der Waals surface area contributed by atoms with Crippen LogP contribution in [0.2, 0.25) is 10.0 Å². The number of rotatable bonds is 3. The summed E-state index contributed by atoms with van der Waals surface area (Å²) in [5, 5.41) is 5.95. The van der Waals surface area contributed by atoms with Gasteiger partial charge in [0, 0.05) is 18.8 Å².